The molecule has 4 bridgehead atoms. The van der Waals surface area contributed by atoms with Gasteiger partial charge in [0, 0.05) is 6.07 Å². The van der Waals surface area contributed by atoms with Gasteiger partial charge >= 0.3 is 5.97 Å². The van der Waals surface area contributed by atoms with E-state index in [2.05, 4.69) is 4.98 Å². The Bertz CT molecular complexity index is 903. The maximum atomic E-state index is 13.4. The van der Waals surface area contributed by atoms with Crippen LogP contribution in [0.2, 0.25) is 0 Å². The molecule has 0 unspecified atom stereocenters. The van der Waals surface area contributed by atoms with E-state index in [-0.39, 0.29) is 11.4 Å². The Balaban J connectivity index is 1.44. The lowest BCUT2D eigenvalue weighted by molar-refractivity contribution is -0.365. The summed E-state index contributed by atoms with van der Waals surface area (Å²) in [6.07, 6.45) is 8.77. The van der Waals surface area contributed by atoms with Crippen LogP contribution in [0.5, 0.6) is 17.2 Å². The molecule has 5 heteroatoms. The number of nitrogens with one attached hydrogen (secondary N) is 1. The normalized spacial score (nSPS) is 29.5. The number of aromatic amines is 1. The molecule has 6 rings (SSSR count). The highest BCUT2D eigenvalue weighted by Crippen LogP contribution is 2.60. The minimum Gasteiger partial charge on any atom is -0.493 e. The zero-order valence-electron chi connectivity index (χ0n) is 17.1. The minimum atomic E-state index is -0.278. The fraction of sp³-hybridized carbons (Fsp3) is 0.500. The molecule has 4 aliphatic rings. The van der Waals surface area contributed by atoms with Crippen LogP contribution in [-0.2, 0) is 4.79 Å². The maximum absolute atomic E-state index is 13.4. The zero-order valence-corrected chi connectivity index (χ0v) is 17.1. The van der Waals surface area contributed by atoms with E-state index < -0.39 is 0 Å². The first kappa shape index (κ1) is 18.5. The predicted octanol–water partition coefficient (Wildman–Crippen LogP) is 4.31. The maximum Gasteiger partial charge on any atom is 0.317 e. The molecular formula is C24H28NO4+. The second kappa shape index (κ2) is 7.05. The van der Waals surface area contributed by atoms with Crippen molar-refractivity contribution < 1.29 is 24.0 Å². The van der Waals surface area contributed by atoms with Crippen molar-refractivity contribution in [2.24, 2.45) is 23.2 Å². The summed E-state index contributed by atoms with van der Waals surface area (Å²) in [6.45, 7) is 0. The van der Waals surface area contributed by atoms with Gasteiger partial charge in [-0.05, 0) is 80.5 Å². The third-order valence-corrected chi connectivity index (χ3v) is 7.16. The number of pyridine rings is 1. The van der Waals surface area contributed by atoms with Crippen LogP contribution >= 0.6 is 0 Å². The molecule has 0 spiro atoms. The first-order valence-electron chi connectivity index (χ1n) is 10.6. The van der Waals surface area contributed by atoms with Crippen LogP contribution in [0.25, 0.3) is 11.3 Å². The van der Waals surface area contributed by atoms with Crippen molar-refractivity contribution in [2.45, 2.75) is 38.5 Å². The minimum absolute atomic E-state index is 0.0436. The van der Waals surface area contributed by atoms with Gasteiger partial charge in [0.25, 0.3) is 5.69 Å². The monoisotopic (exact) mass is 394 g/mol. The fourth-order valence-electron chi connectivity index (χ4n) is 6.29. The van der Waals surface area contributed by atoms with Crippen molar-refractivity contribution in [1.29, 1.82) is 0 Å². The Labute approximate surface area is 171 Å². The highest BCUT2D eigenvalue weighted by molar-refractivity contribution is 5.81. The van der Waals surface area contributed by atoms with Crippen LogP contribution in [0.1, 0.15) is 38.5 Å². The van der Waals surface area contributed by atoms with E-state index in [1.165, 1.54) is 19.3 Å². The number of hydrogen-bond acceptors (Lipinski definition) is 4. The number of methoxy groups -OCH3 is 2. The Morgan fingerprint density at radius 2 is 1.59 bits per heavy atom. The Morgan fingerprint density at radius 3 is 2.21 bits per heavy atom. The molecule has 0 saturated heterocycles. The van der Waals surface area contributed by atoms with E-state index in [1.54, 1.807) is 14.2 Å². The molecule has 0 atom stereocenters. The van der Waals surface area contributed by atoms with E-state index in [9.17, 15) is 4.79 Å². The molecular weight excluding hydrogens is 366 g/mol. The van der Waals surface area contributed by atoms with Crippen LogP contribution in [-0.4, -0.2) is 20.2 Å². The first-order chi connectivity index (χ1) is 14.1. The molecule has 0 amide bonds. The lowest BCUT2D eigenvalue weighted by Gasteiger charge is -2.55. The third kappa shape index (κ3) is 3.17. The number of carbonyl (C=O) groups excluding carboxylic acids is 1. The molecule has 4 aliphatic carbocycles. The Kier molecular flexibility index (Phi) is 4.49. The second-order valence-electron chi connectivity index (χ2n) is 9.07. The molecule has 5 nitrogen and oxygen atoms in total. The van der Waals surface area contributed by atoms with Gasteiger partial charge in [0.15, 0.2) is 17.7 Å². The lowest BCUT2D eigenvalue weighted by atomic mass is 9.49. The average Bonchev–Trinajstić information content (AvgIpc) is 2.72. The van der Waals surface area contributed by atoms with Gasteiger partial charge in [-0.25, -0.2) is 4.98 Å². The highest BCUT2D eigenvalue weighted by atomic mass is 16.5. The molecule has 152 valence electrons. The molecule has 4 saturated carbocycles. The van der Waals surface area contributed by atoms with Crippen molar-refractivity contribution in [2.75, 3.05) is 14.2 Å². The zero-order chi connectivity index (χ0) is 20.0. The van der Waals surface area contributed by atoms with Gasteiger partial charge in [0.05, 0.1) is 25.2 Å². The van der Waals surface area contributed by atoms with E-state index in [0.717, 1.165) is 30.5 Å². The molecule has 1 aromatic carbocycles. The van der Waals surface area contributed by atoms with Gasteiger partial charge in [0.2, 0.25) is 5.75 Å². The van der Waals surface area contributed by atoms with Crippen molar-refractivity contribution in [3.8, 4) is 28.5 Å². The number of rotatable bonds is 5. The van der Waals surface area contributed by atoms with Crippen LogP contribution in [0.15, 0.2) is 36.5 Å². The van der Waals surface area contributed by atoms with Gasteiger partial charge in [-0.3, -0.25) is 4.79 Å². The highest BCUT2D eigenvalue weighted by Gasteiger charge is 2.55. The van der Waals surface area contributed by atoms with Crippen LogP contribution in [0.3, 0.4) is 0 Å². The number of ether oxygens (including phenoxy) is 3. The van der Waals surface area contributed by atoms with Crippen molar-refractivity contribution in [3.63, 3.8) is 0 Å². The predicted molar refractivity (Wildman–Crippen MR) is 108 cm³/mol. The standard InChI is InChI=1S/C24H27NO4/c1-27-19-6-5-18(11-21(19)28-2)22-20(4-3-7-25-22)29-23(26)24-12-15-8-16(13-24)10-17(9-15)14-24/h3-7,11,15-17H,8-10,12-14H2,1-2H3/p+1. The SMILES string of the molecule is COc1ccc(-c2[nH+]cccc2OC(=O)C23CC4CC(CC(C4)C2)C3)cc1OC. The van der Waals surface area contributed by atoms with Crippen LogP contribution in [0.4, 0.5) is 0 Å². The van der Waals surface area contributed by atoms with E-state index in [4.69, 9.17) is 14.2 Å². The van der Waals surface area contributed by atoms with Gasteiger partial charge in [0.1, 0.15) is 0 Å². The van der Waals surface area contributed by atoms with Gasteiger partial charge in [-0.2, -0.15) is 0 Å². The number of benzene rings is 1. The second-order valence-corrected chi connectivity index (χ2v) is 9.07. The van der Waals surface area contributed by atoms with Crippen LogP contribution in [0, 0.1) is 23.2 Å². The molecule has 1 aromatic heterocycles. The number of H-pyrrole nitrogens is 1. The topological polar surface area (TPSA) is 58.9 Å². The largest absolute Gasteiger partial charge is 0.493 e. The van der Waals surface area contributed by atoms with Gasteiger partial charge in [-0.15, -0.1) is 0 Å². The summed E-state index contributed by atoms with van der Waals surface area (Å²) >= 11 is 0. The summed E-state index contributed by atoms with van der Waals surface area (Å²) < 4.78 is 16.8. The van der Waals surface area contributed by atoms with Gasteiger partial charge in [-0.1, -0.05) is 0 Å². The quantitative estimate of drug-likeness (QED) is 0.709. The molecule has 0 aliphatic heterocycles. The lowest BCUT2D eigenvalue weighted by Crippen LogP contribution is -2.51. The van der Waals surface area contributed by atoms with Crippen LogP contribution < -0.4 is 19.2 Å². The molecule has 1 N–H and O–H groups in total. The summed E-state index contributed by atoms with van der Waals surface area (Å²) in [4.78, 5) is 16.6. The number of esters is 1. The number of hydrogen-bond donors (Lipinski definition) is 0. The molecule has 2 aromatic rings. The summed E-state index contributed by atoms with van der Waals surface area (Å²) in [5.41, 5.74) is 1.38. The Hall–Kier alpha value is -2.56. The fourth-order valence-corrected chi connectivity index (χ4v) is 6.29. The average molecular weight is 394 g/mol. The third-order valence-electron chi connectivity index (χ3n) is 7.16. The van der Waals surface area contributed by atoms with Gasteiger partial charge < -0.3 is 14.2 Å². The van der Waals surface area contributed by atoms with Crippen molar-refractivity contribution >= 4 is 5.97 Å². The molecule has 1 heterocycles. The van der Waals surface area contributed by atoms with E-state index in [1.807, 2.05) is 36.5 Å². The van der Waals surface area contributed by atoms with E-state index in [0.29, 0.717) is 35.0 Å². The number of carbonyl (C=O) groups is 1. The summed E-state index contributed by atoms with van der Waals surface area (Å²) in [7, 11) is 3.23. The van der Waals surface area contributed by atoms with Crippen molar-refractivity contribution in [1.82, 2.24) is 0 Å². The Morgan fingerprint density at radius 1 is 0.931 bits per heavy atom. The smallest absolute Gasteiger partial charge is 0.317 e. The van der Waals surface area contributed by atoms with Crippen molar-refractivity contribution in [3.05, 3.63) is 36.5 Å². The van der Waals surface area contributed by atoms with E-state index >= 15 is 0 Å². The molecule has 0 radical (unpaired) electrons. The molecule has 4 fully saturated rings. The molecule has 29 heavy (non-hydrogen) atoms. The summed E-state index contributed by atoms with van der Waals surface area (Å²) in [5.74, 6) is 3.96. The summed E-state index contributed by atoms with van der Waals surface area (Å²) in [5, 5.41) is 0. The summed E-state index contributed by atoms with van der Waals surface area (Å²) in [6, 6.07) is 9.43. The number of aromatic nitrogens is 1. The first-order valence-corrected chi connectivity index (χ1v) is 10.6.